The van der Waals surface area contributed by atoms with Crippen LogP contribution in [-0.2, 0) is 20.7 Å². The van der Waals surface area contributed by atoms with E-state index in [0.717, 1.165) is 31.2 Å². The van der Waals surface area contributed by atoms with Crippen LogP contribution in [0.25, 0.3) is 0 Å². The van der Waals surface area contributed by atoms with E-state index >= 15 is 0 Å². The third-order valence-electron chi connectivity index (χ3n) is 7.84. The molecule has 0 aromatic heterocycles. The van der Waals surface area contributed by atoms with Gasteiger partial charge in [-0.3, -0.25) is 9.59 Å². The van der Waals surface area contributed by atoms with E-state index in [-0.39, 0.29) is 31.8 Å². The number of aliphatic hydroxyl groups is 2. The molecule has 2 amide bonds. The molecule has 8 nitrogen and oxygen atoms in total. The molecule has 0 radical (unpaired) electrons. The Morgan fingerprint density at radius 1 is 0.889 bits per heavy atom. The van der Waals surface area contributed by atoms with E-state index in [1.807, 2.05) is 30.3 Å². The number of cyclic esters (lactones) is 1. The van der Waals surface area contributed by atoms with E-state index in [0.29, 0.717) is 31.1 Å². The summed E-state index contributed by atoms with van der Waals surface area (Å²) in [5.74, 6) is -1.15. The fourth-order valence-corrected chi connectivity index (χ4v) is 5.77. The summed E-state index contributed by atoms with van der Waals surface area (Å²) < 4.78 is 5.12. The Morgan fingerprint density at radius 3 is 1.92 bits per heavy atom. The number of hydrogen-bond acceptors (Lipinski definition) is 6. The maximum atomic E-state index is 12.8. The minimum absolute atomic E-state index is 0.211. The molecule has 1 aromatic carbocycles. The van der Waals surface area contributed by atoms with Gasteiger partial charge in [-0.25, -0.2) is 9.69 Å². The second-order valence-corrected chi connectivity index (χ2v) is 10.5. The first-order valence-corrected chi connectivity index (χ1v) is 13.4. The van der Waals surface area contributed by atoms with E-state index in [1.165, 1.54) is 30.6 Å². The molecule has 1 aliphatic heterocycles. The minimum Gasteiger partial charge on any atom is -0.481 e. The number of carbonyl (C=O) groups is 3. The summed E-state index contributed by atoms with van der Waals surface area (Å²) in [6.07, 6.45) is 10.7. The predicted molar refractivity (Wildman–Crippen MR) is 134 cm³/mol. The molecule has 3 atom stereocenters. The Kier molecular flexibility index (Phi) is 11.2. The molecule has 36 heavy (non-hydrogen) atoms. The summed E-state index contributed by atoms with van der Waals surface area (Å²) in [7, 11) is 0. The van der Waals surface area contributed by atoms with Crippen LogP contribution in [0, 0.1) is 23.7 Å². The van der Waals surface area contributed by atoms with Gasteiger partial charge in [-0.05, 0) is 36.7 Å². The molecule has 3 aliphatic rings. The van der Waals surface area contributed by atoms with Crippen molar-refractivity contribution in [2.45, 2.75) is 76.7 Å². The monoisotopic (exact) mass is 503 g/mol. The standard InChI is InChI=1S/C19H25NO4.C9H16O3/c21-12-16(10-14-8-4-5-9-14)18(22)20-17(13-24-19(20)23)11-15-6-2-1-3-7-15;10-6-8(9(11)12)5-7-3-1-2-4-7/h1-3,6-7,14,16-17,21H,4-5,8-13H2;7-8,10H,1-6H2,(H,11,12)/t16-,17+;8-/m11/s1. The van der Waals surface area contributed by atoms with E-state index < -0.39 is 23.9 Å². The van der Waals surface area contributed by atoms with Gasteiger partial charge < -0.3 is 20.1 Å². The number of carboxylic acid groups (broad SMARTS) is 1. The smallest absolute Gasteiger partial charge is 0.416 e. The van der Waals surface area contributed by atoms with Crippen molar-refractivity contribution in [3.8, 4) is 0 Å². The lowest BCUT2D eigenvalue weighted by Crippen LogP contribution is -2.44. The highest BCUT2D eigenvalue weighted by Gasteiger charge is 2.41. The van der Waals surface area contributed by atoms with Gasteiger partial charge in [0.1, 0.15) is 6.61 Å². The van der Waals surface area contributed by atoms with Gasteiger partial charge in [0.15, 0.2) is 0 Å². The highest BCUT2D eigenvalue weighted by molar-refractivity contribution is 5.94. The second kappa shape index (κ2) is 14.3. The van der Waals surface area contributed by atoms with Crippen molar-refractivity contribution >= 4 is 18.0 Å². The number of nitrogens with zero attached hydrogens (tertiary/aromatic N) is 1. The van der Waals surface area contributed by atoms with E-state index in [2.05, 4.69) is 0 Å². The van der Waals surface area contributed by atoms with Crippen LogP contribution in [0.4, 0.5) is 4.79 Å². The van der Waals surface area contributed by atoms with Crippen molar-refractivity contribution in [2.24, 2.45) is 23.7 Å². The van der Waals surface area contributed by atoms with Gasteiger partial charge in [0.05, 0.1) is 31.1 Å². The molecule has 0 unspecified atom stereocenters. The van der Waals surface area contributed by atoms with Crippen molar-refractivity contribution in [3.63, 3.8) is 0 Å². The Labute approximate surface area is 213 Å². The Hall–Kier alpha value is -2.45. The molecule has 0 spiro atoms. The van der Waals surface area contributed by atoms with Crippen LogP contribution in [0.3, 0.4) is 0 Å². The molecule has 4 rings (SSSR count). The summed E-state index contributed by atoms with van der Waals surface area (Å²) in [6.45, 7) is -0.204. The molecule has 200 valence electrons. The Balaban J connectivity index is 0.000000253. The number of rotatable bonds is 10. The van der Waals surface area contributed by atoms with Gasteiger partial charge in [-0.15, -0.1) is 0 Å². The van der Waals surface area contributed by atoms with E-state index in [1.54, 1.807) is 0 Å². The third-order valence-corrected chi connectivity index (χ3v) is 7.84. The van der Waals surface area contributed by atoms with Crippen LogP contribution in [0.2, 0.25) is 0 Å². The number of benzene rings is 1. The molecule has 3 fully saturated rings. The van der Waals surface area contributed by atoms with Gasteiger partial charge in [-0.1, -0.05) is 81.7 Å². The summed E-state index contributed by atoms with van der Waals surface area (Å²) >= 11 is 0. The summed E-state index contributed by atoms with van der Waals surface area (Å²) in [4.78, 5) is 36.7. The molecular weight excluding hydrogens is 462 g/mol. The van der Waals surface area contributed by atoms with Gasteiger partial charge in [-0.2, -0.15) is 0 Å². The average Bonchev–Trinajstić information content (AvgIpc) is 3.65. The van der Waals surface area contributed by atoms with Crippen LogP contribution in [0.5, 0.6) is 0 Å². The minimum atomic E-state index is -0.857. The largest absolute Gasteiger partial charge is 0.481 e. The van der Waals surface area contributed by atoms with Gasteiger partial charge >= 0.3 is 12.1 Å². The Morgan fingerprint density at radius 2 is 1.42 bits per heavy atom. The van der Waals surface area contributed by atoms with Crippen molar-refractivity contribution in [1.82, 2.24) is 4.90 Å². The number of aliphatic carboxylic acids is 1. The molecule has 1 saturated heterocycles. The maximum absolute atomic E-state index is 12.8. The number of aliphatic hydroxyl groups excluding tert-OH is 2. The predicted octanol–water partition coefficient (Wildman–Crippen LogP) is 4.03. The van der Waals surface area contributed by atoms with E-state index in [9.17, 15) is 19.5 Å². The molecule has 1 heterocycles. The number of amides is 2. The van der Waals surface area contributed by atoms with Crippen LogP contribution in [0.15, 0.2) is 30.3 Å². The zero-order valence-corrected chi connectivity index (χ0v) is 21.1. The molecule has 3 N–H and O–H groups in total. The highest BCUT2D eigenvalue weighted by Crippen LogP contribution is 2.32. The molecular formula is C28H41NO7. The topological polar surface area (TPSA) is 124 Å². The van der Waals surface area contributed by atoms with Crippen molar-refractivity contribution in [1.29, 1.82) is 0 Å². The third kappa shape index (κ3) is 8.03. The van der Waals surface area contributed by atoms with Crippen LogP contribution in [-0.4, -0.2) is 64.1 Å². The summed E-state index contributed by atoms with van der Waals surface area (Å²) in [5, 5.41) is 27.1. The number of carboxylic acids is 1. The van der Waals surface area contributed by atoms with Gasteiger partial charge in [0, 0.05) is 0 Å². The van der Waals surface area contributed by atoms with Crippen molar-refractivity contribution in [3.05, 3.63) is 35.9 Å². The SMILES string of the molecule is O=C(O)[C@@H](CO)CC1CCCC1.O=C1OC[C@H](Cc2ccccc2)N1C(=O)[C@@H](CO)CC1CCCC1. The van der Waals surface area contributed by atoms with Crippen LogP contribution in [0.1, 0.15) is 69.8 Å². The van der Waals surface area contributed by atoms with Gasteiger partial charge in [0.2, 0.25) is 5.91 Å². The lowest BCUT2D eigenvalue weighted by molar-refractivity contribution is -0.143. The lowest BCUT2D eigenvalue weighted by Gasteiger charge is -2.25. The van der Waals surface area contributed by atoms with Crippen molar-refractivity contribution in [2.75, 3.05) is 19.8 Å². The number of hydrogen-bond donors (Lipinski definition) is 3. The average molecular weight is 504 g/mol. The Bertz CT molecular complexity index is 834. The van der Waals surface area contributed by atoms with Crippen molar-refractivity contribution < 1.29 is 34.4 Å². The molecule has 8 heteroatoms. The molecule has 1 aromatic rings. The highest BCUT2D eigenvalue weighted by atomic mass is 16.6. The first-order chi connectivity index (χ1) is 17.4. The van der Waals surface area contributed by atoms with E-state index in [4.69, 9.17) is 14.9 Å². The van der Waals surface area contributed by atoms with Crippen LogP contribution >= 0.6 is 0 Å². The second-order valence-electron chi connectivity index (χ2n) is 10.5. The zero-order valence-electron chi connectivity index (χ0n) is 21.1. The quantitative estimate of drug-likeness (QED) is 0.440. The van der Waals surface area contributed by atoms with Gasteiger partial charge in [0.25, 0.3) is 0 Å². The fourth-order valence-electron chi connectivity index (χ4n) is 5.77. The molecule has 0 bridgehead atoms. The number of ether oxygens (including phenoxy) is 1. The molecule has 2 aliphatic carbocycles. The first-order valence-electron chi connectivity index (χ1n) is 13.4. The number of imide groups is 1. The summed E-state index contributed by atoms with van der Waals surface area (Å²) in [6, 6.07) is 9.49. The normalized spacial score (nSPS) is 22.1. The van der Waals surface area contributed by atoms with Crippen LogP contribution < -0.4 is 0 Å². The summed E-state index contributed by atoms with van der Waals surface area (Å²) in [5.41, 5.74) is 1.06. The first kappa shape index (κ1) is 28.1. The lowest BCUT2D eigenvalue weighted by atomic mass is 9.92. The maximum Gasteiger partial charge on any atom is 0.416 e. The molecule has 2 saturated carbocycles. The number of carbonyl (C=O) groups excluding carboxylic acids is 2. The zero-order chi connectivity index (χ0) is 25.9. The fraction of sp³-hybridized carbons (Fsp3) is 0.679.